The zero-order chi connectivity index (χ0) is 18.1. The minimum absolute atomic E-state index is 0.162. The van der Waals surface area contributed by atoms with Gasteiger partial charge >= 0.3 is 0 Å². The molecule has 0 fully saturated rings. The van der Waals surface area contributed by atoms with Crippen LogP contribution < -0.4 is 10.6 Å². The Morgan fingerprint density at radius 2 is 1.88 bits per heavy atom. The molecule has 1 aromatic heterocycles. The number of hydrogen-bond donors (Lipinski definition) is 2. The Kier molecular flexibility index (Phi) is 7.38. The summed E-state index contributed by atoms with van der Waals surface area (Å²) in [5, 5.41) is 6.24. The van der Waals surface area contributed by atoms with E-state index in [4.69, 9.17) is 0 Å². The van der Waals surface area contributed by atoms with Crippen molar-refractivity contribution in [3.8, 4) is 11.4 Å². The molecule has 2 rings (SSSR count). The SMILES string of the molecule is CCCCCNc1cc(C(=O)NCC(C)C)nc(-c2ccccc2)n1. The topological polar surface area (TPSA) is 66.9 Å². The summed E-state index contributed by atoms with van der Waals surface area (Å²) in [6, 6.07) is 11.5. The molecule has 0 saturated heterocycles. The van der Waals surface area contributed by atoms with Crippen molar-refractivity contribution in [3.63, 3.8) is 0 Å². The molecule has 2 aromatic rings. The van der Waals surface area contributed by atoms with Crippen LogP contribution >= 0.6 is 0 Å². The van der Waals surface area contributed by atoms with Gasteiger partial charge in [-0.3, -0.25) is 4.79 Å². The lowest BCUT2D eigenvalue weighted by Gasteiger charge is -2.11. The van der Waals surface area contributed by atoms with Crippen LogP contribution in [0.15, 0.2) is 36.4 Å². The number of rotatable bonds is 9. The number of carbonyl (C=O) groups is 1. The zero-order valence-corrected chi connectivity index (χ0v) is 15.4. The first-order valence-electron chi connectivity index (χ1n) is 9.06. The van der Waals surface area contributed by atoms with Crippen molar-refractivity contribution >= 4 is 11.7 Å². The Labute approximate surface area is 150 Å². The van der Waals surface area contributed by atoms with Crippen LogP contribution in [0, 0.1) is 5.92 Å². The lowest BCUT2D eigenvalue weighted by molar-refractivity contribution is 0.0944. The molecule has 0 radical (unpaired) electrons. The molecule has 2 N–H and O–H groups in total. The molecule has 5 nitrogen and oxygen atoms in total. The summed E-state index contributed by atoms with van der Waals surface area (Å²) in [6.45, 7) is 7.77. The number of aromatic nitrogens is 2. The Morgan fingerprint density at radius 3 is 2.56 bits per heavy atom. The summed E-state index contributed by atoms with van der Waals surface area (Å²) < 4.78 is 0. The first-order chi connectivity index (χ1) is 12.1. The van der Waals surface area contributed by atoms with Crippen LogP contribution in [0.2, 0.25) is 0 Å². The second-order valence-corrected chi connectivity index (χ2v) is 6.57. The van der Waals surface area contributed by atoms with E-state index in [2.05, 4.69) is 41.4 Å². The normalized spacial score (nSPS) is 10.7. The summed E-state index contributed by atoms with van der Waals surface area (Å²) in [4.78, 5) is 21.5. The third-order valence-electron chi connectivity index (χ3n) is 3.75. The summed E-state index contributed by atoms with van der Waals surface area (Å²) in [5.74, 6) is 1.49. The van der Waals surface area contributed by atoms with Gasteiger partial charge in [-0.25, -0.2) is 9.97 Å². The standard InChI is InChI=1S/C20H28N4O/c1-4-5-9-12-21-18-13-17(20(25)22-14-15(2)3)23-19(24-18)16-10-7-6-8-11-16/h6-8,10-11,13,15H,4-5,9,12,14H2,1-3H3,(H,22,25)(H,21,23,24). The van der Waals surface area contributed by atoms with Gasteiger partial charge in [-0.1, -0.05) is 63.9 Å². The molecule has 0 atom stereocenters. The van der Waals surface area contributed by atoms with E-state index in [1.165, 1.54) is 12.8 Å². The molecular formula is C20H28N4O. The maximum atomic E-state index is 12.4. The maximum absolute atomic E-state index is 12.4. The number of nitrogens with zero attached hydrogens (tertiary/aromatic N) is 2. The van der Waals surface area contributed by atoms with Gasteiger partial charge < -0.3 is 10.6 Å². The van der Waals surface area contributed by atoms with Gasteiger partial charge in [0, 0.05) is 24.7 Å². The van der Waals surface area contributed by atoms with E-state index < -0.39 is 0 Å². The lowest BCUT2D eigenvalue weighted by atomic mass is 10.2. The highest BCUT2D eigenvalue weighted by Crippen LogP contribution is 2.18. The third kappa shape index (κ3) is 6.18. The molecule has 25 heavy (non-hydrogen) atoms. The molecule has 134 valence electrons. The van der Waals surface area contributed by atoms with Crippen molar-refractivity contribution in [2.45, 2.75) is 40.0 Å². The fourth-order valence-electron chi connectivity index (χ4n) is 2.35. The van der Waals surface area contributed by atoms with Crippen LogP contribution in [0.25, 0.3) is 11.4 Å². The van der Waals surface area contributed by atoms with Crippen molar-refractivity contribution in [1.29, 1.82) is 0 Å². The van der Waals surface area contributed by atoms with Crippen LogP contribution in [0.1, 0.15) is 50.5 Å². The van der Waals surface area contributed by atoms with Crippen LogP contribution in [-0.2, 0) is 0 Å². The molecule has 0 aliphatic carbocycles. The zero-order valence-electron chi connectivity index (χ0n) is 15.4. The van der Waals surface area contributed by atoms with Gasteiger partial charge in [0.2, 0.25) is 0 Å². The van der Waals surface area contributed by atoms with Gasteiger partial charge in [-0.05, 0) is 12.3 Å². The highest BCUT2D eigenvalue weighted by Gasteiger charge is 2.13. The van der Waals surface area contributed by atoms with Crippen LogP contribution in [-0.4, -0.2) is 29.0 Å². The predicted octanol–water partition coefficient (Wildman–Crippen LogP) is 4.13. The smallest absolute Gasteiger partial charge is 0.270 e. The molecule has 5 heteroatoms. The second kappa shape index (κ2) is 9.77. The molecular weight excluding hydrogens is 312 g/mol. The Morgan fingerprint density at radius 1 is 1.12 bits per heavy atom. The van der Waals surface area contributed by atoms with Gasteiger partial charge in [0.05, 0.1) is 0 Å². The van der Waals surface area contributed by atoms with E-state index in [1.807, 2.05) is 30.3 Å². The van der Waals surface area contributed by atoms with E-state index in [0.717, 1.165) is 18.5 Å². The lowest BCUT2D eigenvalue weighted by Crippen LogP contribution is -2.28. The van der Waals surface area contributed by atoms with E-state index in [0.29, 0.717) is 29.8 Å². The van der Waals surface area contributed by atoms with E-state index >= 15 is 0 Å². The monoisotopic (exact) mass is 340 g/mol. The largest absolute Gasteiger partial charge is 0.370 e. The summed E-state index contributed by atoms with van der Waals surface area (Å²) >= 11 is 0. The van der Waals surface area contributed by atoms with Crippen molar-refractivity contribution in [1.82, 2.24) is 15.3 Å². The minimum atomic E-state index is -0.162. The maximum Gasteiger partial charge on any atom is 0.270 e. The number of benzene rings is 1. The van der Waals surface area contributed by atoms with Crippen LogP contribution in [0.3, 0.4) is 0 Å². The van der Waals surface area contributed by atoms with Crippen molar-refractivity contribution in [2.75, 3.05) is 18.4 Å². The molecule has 0 aliphatic heterocycles. The number of carbonyl (C=O) groups excluding carboxylic acids is 1. The average molecular weight is 340 g/mol. The molecule has 0 aliphatic rings. The molecule has 0 unspecified atom stereocenters. The third-order valence-corrected chi connectivity index (χ3v) is 3.75. The minimum Gasteiger partial charge on any atom is -0.370 e. The Bertz CT molecular complexity index is 671. The molecule has 1 amide bonds. The summed E-state index contributed by atoms with van der Waals surface area (Å²) in [7, 11) is 0. The number of nitrogens with one attached hydrogen (secondary N) is 2. The summed E-state index contributed by atoms with van der Waals surface area (Å²) in [5.41, 5.74) is 1.30. The fourth-order valence-corrected chi connectivity index (χ4v) is 2.35. The average Bonchev–Trinajstić information content (AvgIpc) is 2.63. The van der Waals surface area contributed by atoms with Gasteiger partial charge in [0.25, 0.3) is 5.91 Å². The molecule has 1 aromatic carbocycles. The van der Waals surface area contributed by atoms with E-state index in [1.54, 1.807) is 6.07 Å². The molecule has 0 spiro atoms. The van der Waals surface area contributed by atoms with Gasteiger partial charge in [-0.2, -0.15) is 0 Å². The summed E-state index contributed by atoms with van der Waals surface area (Å²) in [6.07, 6.45) is 3.42. The highest BCUT2D eigenvalue weighted by atomic mass is 16.1. The van der Waals surface area contributed by atoms with Crippen molar-refractivity contribution < 1.29 is 4.79 Å². The fraction of sp³-hybridized carbons (Fsp3) is 0.450. The number of amides is 1. The highest BCUT2D eigenvalue weighted by molar-refractivity contribution is 5.93. The Hall–Kier alpha value is -2.43. The quantitative estimate of drug-likeness (QED) is 0.674. The van der Waals surface area contributed by atoms with Crippen LogP contribution in [0.4, 0.5) is 5.82 Å². The van der Waals surface area contributed by atoms with Crippen molar-refractivity contribution in [3.05, 3.63) is 42.1 Å². The second-order valence-electron chi connectivity index (χ2n) is 6.57. The molecule has 1 heterocycles. The number of anilines is 1. The van der Waals surface area contributed by atoms with E-state index in [9.17, 15) is 4.79 Å². The first kappa shape index (κ1) is 18.9. The number of unbranched alkanes of at least 4 members (excludes halogenated alkanes) is 2. The first-order valence-corrected chi connectivity index (χ1v) is 9.06. The van der Waals surface area contributed by atoms with Gasteiger partial charge in [0.1, 0.15) is 11.5 Å². The molecule has 0 bridgehead atoms. The van der Waals surface area contributed by atoms with Crippen LogP contribution in [0.5, 0.6) is 0 Å². The predicted molar refractivity (Wildman–Crippen MR) is 103 cm³/mol. The Balaban J connectivity index is 2.23. The van der Waals surface area contributed by atoms with Crippen molar-refractivity contribution in [2.24, 2.45) is 5.92 Å². The number of hydrogen-bond acceptors (Lipinski definition) is 4. The van der Waals surface area contributed by atoms with E-state index in [-0.39, 0.29) is 5.91 Å². The van der Waals surface area contributed by atoms with Gasteiger partial charge in [-0.15, -0.1) is 0 Å². The molecule has 0 saturated carbocycles. The van der Waals surface area contributed by atoms with Gasteiger partial charge in [0.15, 0.2) is 5.82 Å².